The molecule has 0 unspecified atom stereocenters. The van der Waals surface area contributed by atoms with Crippen molar-refractivity contribution in [3.05, 3.63) is 77.2 Å². The Morgan fingerprint density at radius 3 is 2.66 bits per heavy atom. The highest BCUT2D eigenvalue weighted by Crippen LogP contribution is 2.32. The van der Waals surface area contributed by atoms with Crippen molar-refractivity contribution in [2.75, 3.05) is 20.3 Å². The predicted molar refractivity (Wildman–Crippen MR) is 115 cm³/mol. The summed E-state index contributed by atoms with van der Waals surface area (Å²) < 4.78 is 11.1. The molecule has 0 radical (unpaired) electrons. The number of nitrogens with zero attached hydrogens (tertiary/aromatic N) is 1. The summed E-state index contributed by atoms with van der Waals surface area (Å²) in [5, 5.41) is 1.80. The lowest BCUT2D eigenvalue weighted by atomic mass is 10.1. The highest BCUT2D eigenvalue weighted by atomic mass is 32.2. The van der Waals surface area contributed by atoms with Gasteiger partial charge in [-0.1, -0.05) is 48.5 Å². The van der Waals surface area contributed by atoms with Crippen molar-refractivity contribution in [2.45, 2.75) is 0 Å². The zero-order valence-corrected chi connectivity index (χ0v) is 16.6. The Kier molecular flexibility index (Phi) is 5.53. The Hall–Kier alpha value is -3.25. The average molecular weight is 405 g/mol. The van der Waals surface area contributed by atoms with E-state index in [-0.39, 0.29) is 24.3 Å². The third-order valence-corrected chi connectivity index (χ3v) is 5.49. The lowest BCUT2D eigenvalue weighted by Crippen LogP contribution is -2.32. The van der Waals surface area contributed by atoms with Crippen LogP contribution in [0.2, 0.25) is 0 Å². The van der Waals surface area contributed by atoms with Gasteiger partial charge in [-0.2, -0.15) is 0 Å². The molecule has 1 aliphatic rings. The van der Waals surface area contributed by atoms with Gasteiger partial charge >= 0.3 is 0 Å². The lowest BCUT2D eigenvalue weighted by Gasteiger charge is -2.14. The first kappa shape index (κ1) is 19.1. The molecule has 5 nitrogen and oxygen atoms in total. The summed E-state index contributed by atoms with van der Waals surface area (Å²) in [5.74, 6) is 1.13. The van der Waals surface area contributed by atoms with E-state index in [1.165, 1.54) is 4.90 Å². The smallest absolute Gasteiger partial charge is 0.293 e. The van der Waals surface area contributed by atoms with Crippen LogP contribution in [0.25, 0.3) is 16.8 Å². The first-order valence-electron chi connectivity index (χ1n) is 9.16. The summed E-state index contributed by atoms with van der Waals surface area (Å²) in [5.41, 5.74) is 0.807. The molecule has 0 aliphatic carbocycles. The highest BCUT2D eigenvalue weighted by Gasteiger charge is 2.34. The van der Waals surface area contributed by atoms with Crippen molar-refractivity contribution in [3.63, 3.8) is 0 Å². The molecule has 29 heavy (non-hydrogen) atoms. The predicted octanol–water partition coefficient (Wildman–Crippen LogP) is 4.96. The Labute approximate surface area is 172 Å². The molecular formula is C23H19NO4S. The number of benzene rings is 3. The minimum atomic E-state index is -0.302. The molecule has 1 aliphatic heterocycles. The van der Waals surface area contributed by atoms with E-state index in [9.17, 15) is 9.59 Å². The lowest BCUT2D eigenvalue weighted by molar-refractivity contribution is -0.123. The van der Waals surface area contributed by atoms with Crippen LogP contribution < -0.4 is 9.47 Å². The molecule has 2 amide bonds. The van der Waals surface area contributed by atoms with E-state index >= 15 is 0 Å². The minimum Gasteiger partial charge on any atom is -0.497 e. The fourth-order valence-corrected chi connectivity index (χ4v) is 4.01. The zero-order chi connectivity index (χ0) is 20.2. The molecule has 1 saturated heterocycles. The van der Waals surface area contributed by atoms with Crippen molar-refractivity contribution in [2.24, 2.45) is 0 Å². The molecular weight excluding hydrogens is 386 g/mol. The van der Waals surface area contributed by atoms with Crippen molar-refractivity contribution in [1.82, 2.24) is 4.90 Å². The maximum atomic E-state index is 12.7. The largest absolute Gasteiger partial charge is 0.497 e. The van der Waals surface area contributed by atoms with Crippen molar-refractivity contribution >= 4 is 39.8 Å². The highest BCUT2D eigenvalue weighted by molar-refractivity contribution is 8.18. The third kappa shape index (κ3) is 4.12. The van der Waals surface area contributed by atoms with Gasteiger partial charge in [0, 0.05) is 5.39 Å². The summed E-state index contributed by atoms with van der Waals surface area (Å²) >= 11 is 0.941. The van der Waals surface area contributed by atoms with E-state index in [0.717, 1.165) is 33.8 Å². The first-order chi connectivity index (χ1) is 14.2. The Morgan fingerprint density at radius 1 is 1.00 bits per heavy atom. The normalized spacial score (nSPS) is 15.3. The van der Waals surface area contributed by atoms with Gasteiger partial charge < -0.3 is 9.47 Å². The van der Waals surface area contributed by atoms with Crippen molar-refractivity contribution in [3.8, 4) is 11.5 Å². The summed E-state index contributed by atoms with van der Waals surface area (Å²) in [4.78, 5) is 26.6. The minimum absolute atomic E-state index is 0.198. The van der Waals surface area contributed by atoms with Crippen LogP contribution in [0, 0.1) is 0 Å². The van der Waals surface area contributed by atoms with Crippen LogP contribution in [-0.2, 0) is 4.79 Å². The maximum Gasteiger partial charge on any atom is 0.293 e. The average Bonchev–Trinajstić information content (AvgIpc) is 3.01. The van der Waals surface area contributed by atoms with Crippen LogP contribution in [0.4, 0.5) is 4.79 Å². The number of carbonyl (C=O) groups excluding carboxylic acids is 2. The second-order valence-electron chi connectivity index (χ2n) is 6.44. The molecule has 4 rings (SSSR count). The summed E-state index contributed by atoms with van der Waals surface area (Å²) in [6, 6.07) is 21.1. The fraction of sp³-hybridized carbons (Fsp3) is 0.130. The summed E-state index contributed by atoms with van der Waals surface area (Å²) in [6.45, 7) is 0.432. The molecule has 0 bridgehead atoms. The number of thioether (sulfide) groups is 1. The van der Waals surface area contributed by atoms with E-state index in [0.29, 0.717) is 10.7 Å². The number of imide groups is 1. The third-order valence-electron chi connectivity index (χ3n) is 4.59. The Bertz CT molecular complexity index is 1100. The van der Waals surface area contributed by atoms with E-state index in [1.54, 1.807) is 13.2 Å². The molecule has 0 atom stereocenters. The van der Waals surface area contributed by atoms with Gasteiger partial charge in [-0.25, -0.2) is 0 Å². The van der Waals surface area contributed by atoms with Crippen molar-refractivity contribution in [1.29, 1.82) is 0 Å². The van der Waals surface area contributed by atoms with Crippen LogP contribution >= 0.6 is 11.8 Å². The number of ether oxygens (including phenoxy) is 2. The van der Waals surface area contributed by atoms with E-state index in [2.05, 4.69) is 0 Å². The number of carbonyl (C=O) groups is 2. The molecule has 3 aromatic carbocycles. The van der Waals surface area contributed by atoms with Crippen LogP contribution in [0.5, 0.6) is 11.5 Å². The molecule has 0 spiro atoms. The Morgan fingerprint density at radius 2 is 1.79 bits per heavy atom. The van der Waals surface area contributed by atoms with Gasteiger partial charge in [0.15, 0.2) is 0 Å². The van der Waals surface area contributed by atoms with Gasteiger partial charge in [-0.05, 0) is 47.0 Å². The zero-order valence-electron chi connectivity index (χ0n) is 15.8. The molecule has 6 heteroatoms. The second kappa shape index (κ2) is 8.41. The van der Waals surface area contributed by atoms with Gasteiger partial charge in [-0.15, -0.1) is 0 Å². The first-order valence-corrected chi connectivity index (χ1v) is 9.97. The van der Waals surface area contributed by atoms with Gasteiger partial charge in [0.2, 0.25) is 0 Å². The monoisotopic (exact) mass is 405 g/mol. The van der Waals surface area contributed by atoms with Crippen molar-refractivity contribution < 1.29 is 19.1 Å². The molecule has 0 N–H and O–H groups in total. The van der Waals surface area contributed by atoms with Gasteiger partial charge in [0.05, 0.1) is 18.6 Å². The van der Waals surface area contributed by atoms with E-state index in [1.807, 2.05) is 66.7 Å². The number of hydrogen-bond donors (Lipinski definition) is 0. The van der Waals surface area contributed by atoms with Gasteiger partial charge in [0.25, 0.3) is 11.1 Å². The molecule has 0 saturated carbocycles. The van der Waals surface area contributed by atoms with E-state index < -0.39 is 0 Å². The quantitative estimate of drug-likeness (QED) is 0.543. The molecule has 3 aromatic rings. The molecule has 0 aromatic heterocycles. The SMILES string of the molecule is COc1cccc(/C=C2\SC(=O)N(CCOc3cccc4ccccc34)C2=O)c1. The van der Waals surface area contributed by atoms with Crippen LogP contribution in [0.15, 0.2) is 71.6 Å². The number of methoxy groups -OCH3 is 1. The van der Waals surface area contributed by atoms with E-state index in [4.69, 9.17) is 9.47 Å². The number of rotatable bonds is 6. The number of fused-ring (bicyclic) bond motifs is 1. The fourth-order valence-electron chi connectivity index (χ4n) is 3.14. The summed E-state index contributed by atoms with van der Waals surface area (Å²) in [6.07, 6.45) is 1.71. The second-order valence-corrected chi connectivity index (χ2v) is 7.43. The van der Waals surface area contributed by atoms with Gasteiger partial charge in [-0.3, -0.25) is 14.5 Å². The Balaban J connectivity index is 1.43. The molecule has 146 valence electrons. The topological polar surface area (TPSA) is 55.8 Å². The molecule has 1 heterocycles. The van der Waals surface area contributed by atoms with Crippen LogP contribution in [-0.4, -0.2) is 36.3 Å². The maximum absolute atomic E-state index is 12.7. The van der Waals surface area contributed by atoms with Gasteiger partial charge in [0.1, 0.15) is 18.1 Å². The number of amides is 2. The van der Waals surface area contributed by atoms with Crippen LogP contribution in [0.3, 0.4) is 0 Å². The summed E-state index contributed by atoms with van der Waals surface area (Å²) in [7, 11) is 1.59. The standard InChI is InChI=1S/C23H19NO4S/c1-27-18-9-4-6-16(14-18)15-21-22(25)24(23(26)29-21)12-13-28-20-11-5-8-17-7-2-3-10-19(17)20/h2-11,14-15H,12-13H2,1H3/b21-15-. The number of hydrogen-bond acceptors (Lipinski definition) is 5. The molecule has 1 fully saturated rings. The van der Waals surface area contributed by atoms with Crippen LogP contribution in [0.1, 0.15) is 5.56 Å².